The summed E-state index contributed by atoms with van der Waals surface area (Å²) in [6, 6.07) is 9.59. The molecule has 1 aliphatic heterocycles. The third-order valence-electron chi connectivity index (χ3n) is 3.52. The SMILES string of the molecule is O=C(CCl)N1C(=O)c2cccnc2N(C(=O)CCl)c2ccccc21. The Labute approximate surface area is 147 Å². The predicted molar refractivity (Wildman–Crippen MR) is 91.1 cm³/mol. The number of carbonyl (C=O) groups excluding carboxylic acids is 3. The Morgan fingerprint density at radius 2 is 1.50 bits per heavy atom. The van der Waals surface area contributed by atoms with Crippen molar-refractivity contribution in [3.05, 3.63) is 48.2 Å². The van der Waals surface area contributed by atoms with Gasteiger partial charge in [0, 0.05) is 6.20 Å². The normalized spacial score (nSPS) is 13.2. The minimum absolute atomic E-state index is 0.116. The number of alkyl halides is 2. The van der Waals surface area contributed by atoms with Gasteiger partial charge in [-0.3, -0.25) is 19.3 Å². The third kappa shape index (κ3) is 2.53. The smallest absolute Gasteiger partial charge is 0.268 e. The first-order chi connectivity index (χ1) is 11.6. The van der Waals surface area contributed by atoms with Crippen LogP contribution in [0.25, 0.3) is 0 Å². The molecule has 0 unspecified atom stereocenters. The average Bonchev–Trinajstić information content (AvgIpc) is 2.73. The van der Waals surface area contributed by atoms with Gasteiger partial charge in [0.15, 0.2) is 5.82 Å². The van der Waals surface area contributed by atoms with E-state index in [4.69, 9.17) is 23.2 Å². The van der Waals surface area contributed by atoms with Gasteiger partial charge in [0.25, 0.3) is 5.91 Å². The number of rotatable bonds is 2. The fourth-order valence-electron chi connectivity index (χ4n) is 2.55. The van der Waals surface area contributed by atoms with Crippen LogP contribution in [0, 0.1) is 0 Å². The number of para-hydroxylation sites is 2. The van der Waals surface area contributed by atoms with Crippen molar-refractivity contribution in [2.45, 2.75) is 0 Å². The number of imide groups is 1. The van der Waals surface area contributed by atoms with Gasteiger partial charge in [-0.15, -0.1) is 23.2 Å². The Morgan fingerprint density at radius 3 is 2.12 bits per heavy atom. The summed E-state index contributed by atoms with van der Waals surface area (Å²) in [5.41, 5.74) is 0.711. The molecule has 3 amide bonds. The highest BCUT2D eigenvalue weighted by molar-refractivity contribution is 6.37. The second-order valence-corrected chi connectivity index (χ2v) is 5.43. The highest BCUT2D eigenvalue weighted by atomic mass is 35.5. The van der Waals surface area contributed by atoms with Crippen LogP contribution in [0.5, 0.6) is 0 Å². The molecule has 24 heavy (non-hydrogen) atoms. The molecule has 0 saturated heterocycles. The van der Waals surface area contributed by atoms with Gasteiger partial charge in [-0.1, -0.05) is 12.1 Å². The summed E-state index contributed by atoms with van der Waals surface area (Å²) in [5, 5.41) is 0. The monoisotopic (exact) mass is 363 g/mol. The lowest BCUT2D eigenvalue weighted by molar-refractivity contribution is -0.116. The molecule has 1 aromatic carbocycles. The Morgan fingerprint density at radius 1 is 0.917 bits per heavy atom. The molecule has 6 nitrogen and oxygen atoms in total. The standard InChI is InChI=1S/C16H11Cl2N3O3/c17-8-13(22)20-11-5-1-2-6-12(11)21(14(23)9-18)16(24)10-4-3-7-19-15(10)20/h1-7H,8-9H2. The first-order valence-electron chi connectivity index (χ1n) is 6.96. The number of hydrogen-bond acceptors (Lipinski definition) is 4. The van der Waals surface area contributed by atoms with E-state index < -0.39 is 17.7 Å². The molecule has 0 bridgehead atoms. The number of fused-ring (bicyclic) bond motifs is 2. The molecule has 1 aromatic heterocycles. The summed E-state index contributed by atoms with van der Waals surface area (Å²) in [5.74, 6) is -2.20. The van der Waals surface area contributed by atoms with Crippen molar-refractivity contribution in [2.24, 2.45) is 0 Å². The predicted octanol–water partition coefficient (Wildman–Crippen LogP) is 2.71. The molecule has 3 rings (SSSR count). The largest absolute Gasteiger partial charge is 0.273 e. The van der Waals surface area contributed by atoms with E-state index in [9.17, 15) is 14.4 Å². The average molecular weight is 364 g/mol. The Kier molecular flexibility index (Phi) is 4.51. The van der Waals surface area contributed by atoms with Crippen LogP contribution in [0.15, 0.2) is 42.6 Å². The molecule has 0 fully saturated rings. The van der Waals surface area contributed by atoms with Gasteiger partial charge < -0.3 is 0 Å². The van der Waals surface area contributed by atoms with Crippen LogP contribution in [0.4, 0.5) is 17.2 Å². The Bertz CT molecular complexity index is 841. The number of aromatic nitrogens is 1. The maximum Gasteiger partial charge on any atom is 0.268 e. The molecule has 2 aromatic rings. The Balaban J connectivity index is 2.35. The quantitative estimate of drug-likeness (QED) is 0.769. The van der Waals surface area contributed by atoms with E-state index in [0.717, 1.165) is 4.90 Å². The minimum atomic E-state index is -0.596. The van der Waals surface area contributed by atoms with Crippen molar-refractivity contribution in [1.82, 2.24) is 4.98 Å². The number of anilines is 3. The second-order valence-electron chi connectivity index (χ2n) is 4.89. The molecule has 0 N–H and O–H groups in total. The van der Waals surface area contributed by atoms with Crippen molar-refractivity contribution in [3.8, 4) is 0 Å². The molecule has 0 atom stereocenters. The van der Waals surface area contributed by atoms with E-state index in [-0.39, 0.29) is 28.8 Å². The molecule has 0 spiro atoms. The summed E-state index contributed by atoms with van der Waals surface area (Å²) in [7, 11) is 0. The van der Waals surface area contributed by atoms with Gasteiger partial charge in [-0.05, 0) is 24.3 Å². The number of nitrogens with zero attached hydrogens (tertiary/aromatic N) is 3. The van der Waals surface area contributed by atoms with Crippen LogP contribution in [0.3, 0.4) is 0 Å². The summed E-state index contributed by atoms with van der Waals surface area (Å²) in [6.45, 7) is 0. The summed E-state index contributed by atoms with van der Waals surface area (Å²) in [4.78, 5) is 43.9. The fraction of sp³-hybridized carbons (Fsp3) is 0.125. The van der Waals surface area contributed by atoms with Gasteiger partial charge in [0.1, 0.15) is 11.8 Å². The molecule has 1 aliphatic rings. The van der Waals surface area contributed by atoms with Crippen molar-refractivity contribution in [3.63, 3.8) is 0 Å². The van der Waals surface area contributed by atoms with E-state index >= 15 is 0 Å². The lowest BCUT2D eigenvalue weighted by Crippen LogP contribution is -2.37. The zero-order chi connectivity index (χ0) is 17.3. The summed E-state index contributed by atoms with van der Waals surface area (Å²) < 4.78 is 0. The van der Waals surface area contributed by atoms with E-state index in [1.54, 1.807) is 30.3 Å². The lowest BCUT2D eigenvalue weighted by Gasteiger charge is -2.23. The van der Waals surface area contributed by atoms with E-state index in [1.807, 2.05) is 0 Å². The van der Waals surface area contributed by atoms with Crippen molar-refractivity contribution in [1.29, 1.82) is 0 Å². The highest BCUT2D eigenvalue weighted by Gasteiger charge is 2.36. The van der Waals surface area contributed by atoms with E-state index in [1.165, 1.54) is 17.2 Å². The van der Waals surface area contributed by atoms with Gasteiger partial charge in [0.2, 0.25) is 11.8 Å². The lowest BCUT2D eigenvalue weighted by atomic mass is 10.2. The maximum absolute atomic E-state index is 12.9. The molecule has 0 aliphatic carbocycles. The van der Waals surface area contributed by atoms with Crippen molar-refractivity contribution in [2.75, 3.05) is 21.6 Å². The van der Waals surface area contributed by atoms with Crippen molar-refractivity contribution >= 4 is 58.1 Å². The topological polar surface area (TPSA) is 70.6 Å². The summed E-state index contributed by atoms with van der Waals surface area (Å²) in [6.07, 6.45) is 1.46. The van der Waals surface area contributed by atoms with Crippen LogP contribution in [0.2, 0.25) is 0 Å². The van der Waals surface area contributed by atoms with Crippen molar-refractivity contribution < 1.29 is 14.4 Å². The molecular weight excluding hydrogens is 353 g/mol. The van der Waals surface area contributed by atoms with Crippen LogP contribution >= 0.6 is 23.2 Å². The van der Waals surface area contributed by atoms with Crippen LogP contribution in [-0.4, -0.2) is 34.5 Å². The number of amides is 3. The molecule has 0 radical (unpaired) electrons. The fourth-order valence-corrected chi connectivity index (χ4v) is 2.79. The maximum atomic E-state index is 12.9. The number of pyridine rings is 1. The minimum Gasteiger partial charge on any atom is -0.273 e. The number of hydrogen-bond donors (Lipinski definition) is 0. The molecule has 0 saturated carbocycles. The molecule has 2 heterocycles. The molecule has 122 valence electrons. The zero-order valence-corrected chi connectivity index (χ0v) is 13.8. The first kappa shape index (κ1) is 16.4. The molecular formula is C16H11Cl2N3O3. The van der Waals surface area contributed by atoms with Gasteiger partial charge >= 0.3 is 0 Å². The van der Waals surface area contributed by atoms with E-state index in [0.29, 0.717) is 5.69 Å². The van der Waals surface area contributed by atoms with Gasteiger partial charge in [-0.2, -0.15) is 0 Å². The Hall–Kier alpha value is -2.44. The first-order valence-corrected chi connectivity index (χ1v) is 8.03. The van der Waals surface area contributed by atoms with E-state index in [2.05, 4.69) is 4.98 Å². The second kappa shape index (κ2) is 6.59. The van der Waals surface area contributed by atoms with Crippen LogP contribution in [-0.2, 0) is 9.59 Å². The zero-order valence-electron chi connectivity index (χ0n) is 12.3. The van der Waals surface area contributed by atoms with Crippen LogP contribution < -0.4 is 9.80 Å². The summed E-state index contributed by atoms with van der Waals surface area (Å²) >= 11 is 11.4. The number of carbonyl (C=O) groups is 3. The van der Waals surface area contributed by atoms with Gasteiger partial charge in [-0.25, -0.2) is 9.88 Å². The number of benzene rings is 1. The van der Waals surface area contributed by atoms with Gasteiger partial charge in [0.05, 0.1) is 16.9 Å². The van der Waals surface area contributed by atoms with Crippen LogP contribution in [0.1, 0.15) is 10.4 Å². The highest BCUT2D eigenvalue weighted by Crippen LogP contribution is 2.39. The molecule has 8 heteroatoms. The third-order valence-corrected chi connectivity index (χ3v) is 3.98. The number of halogens is 2.